The number of nitrogens with one attached hydrogen (secondary N) is 1. The Kier molecular flexibility index (Phi) is 3.71. The van der Waals surface area contributed by atoms with Crippen LogP contribution < -0.4 is 10.1 Å². The molecule has 3 rings (SSSR count). The molecule has 1 aromatic heterocycles. The molecule has 2 N–H and O–H groups in total. The maximum atomic E-state index is 9.98. The molecule has 1 aliphatic heterocycles. The van der Waals surface area contributed by atoms with Gasteiger partial charge < -0.3 is 19.9 Å². The first-order valence-electron chi connectivity index (χ1n) is 6.73. The lowest BCUT2D eigenvalue weighted by atomic mass is 10.0. The summed E-state index contributed by atoms with van der Waals surface area (Å²) >= 11 is 0. The SMILES string of the molecule is COc1cccc2c(N[C@@H]3CCOC[C@H]3O)ccnc12. The number of nitrogens with zero attached hydrogens (tertiary/aromatic N) is 1. The Balaban J connectivity index is 1.95. The van der Waals surface area contributed by atoms with Gasteiger partial charge in [-0.25, -0.2) is 0 Å². The van der Waals surface area contributed by atoms with Crippen LogP contribution >= 0.6 is 0 Å². The topological polar surface area (TPSA) is 63.6 Å². The van der Waals surface area contributed by atoms with Gasteiger partial charge in [0.15, 0.2) is 0 Å². The van der Waals surface area contributed by atoms with E-state index < -0.39 is 6.10 Å². The molecule has 1 saturated heterocycles. The zero-order valence-electron chi connectivity index (χ0n) is 11.4. The van der Waals surface area contributed by atoms with Crippen LogP contribution in [0.25, 0.3) is 10.9 Å². The van der Waals surface area contributed by atoms with E-state index in [1.54, 1.807) is 13.3 Å². The van der Waals surface area contributed by atoms with Crippen LogP contribution in [0.5, 0.6) is 5.75 Å². The van der Waals surface area contributed by atoms with Crippen molar-refractivity contribution >= 4 is 16.6 Å². The van der Waals surface area contributed by atoms with E-state index in [4.69, 9.17) is 9.47 Å². The average molecular weight is 274 g/mol. The highest BCUT2D eigenvalue weighted by molar-refractivity contribution is 5.94. The van der Waals surface area contributed by atoms with Crippen molar-refractivity contribution in [2.45, 2.75) is 18.6 Å². The van der Waals surface area contributed by atoms with E-state index in [9.17, 15) is 5.11 Å². The van der Waals surface area contributed by atoms with Gasteiger partial charge in [-0.1, -0.05) is 12.1 Å². The summed E-state index contributed by atoms with van der Waals surface area (Å²) in [6.45, 7) is 1.05. The minimum absolute atomic E-state index is 0.000510. The van der Waals surface area contributed by atoms with Crippen LogP contribution in [0, 0.1) is 0 Å². The van der Waals surface area contributed by atoms with Crippen LogP contribution in [0.15, 0.2) is 30.5 Å². The zero-order valence-corrected chi connectivity index (χ0v) is 11.4. The molecule has 2 atom stereocenters. The summed E-state index contributed by atoms with van der Waals surface area (Å²) in [6, 6.07) is 7.75. The van der Waals surface area contributed by atoms with Crippen LogP contribution in [0.2, 0.25) is 0 Å². The molecule has 0 unspecified atom stereocenters. The third-order valence-electron chi connectivity index (χ3n) is 3.62. The van der Waals surface area contributed by atoms with Gasteiger partial charge in [-0.3, -0.25) is 4.98 Å². The van der Waals surface area contributed by atoms with Crippen LogP contribution in [-0.4, -0.2) is 42.6 Å². The maximum absolute atomic E-state index is 9.98. The molecule has 0 bridgehead atoms. The number of hydrogen-bond donors (Lipinski definition) is 2. The third kappa shape index (κ3) is 2.42. The quantitative estimate of drug-likeness (QED) is 0.893. The highest BCUT2D eigenvalue weighted by atomic mass is 16.5. The van der Waals surface area contributed by atoms with Crippen LogP contribution in [0.3, 0.4) is 0 Å². The van der Waals surface area contributed by atoms with E-state index in [2.05, 4.69) is 10.3 Å². The van der Waals surface area contributed by atoms with E-state index in [1.165, 1.54) is 0 Å². The highest BCUT2D eigenvalue weighted by Crippen LogP contribution is 2.29. The van der Waals surface area contributed by atoms with Crippen LogP contribution in [0.4, 0.5) is 5.69 Å². The van der Waals surface area contributed by atoms with Crippen molar-refractivity contribution in [2.75, 3.05) is 25.6 Å². The second-order valence-electron chi connectivity index (χ2n) is 4.90. The molecule has 2 heterocycles. The molecule has 0 saturated carbocycles. The highest BCUT2D eigenvalue weighted by Gasteiger charge is 2.24. The number of pyridine rings is 1. The number of para-hydroxylation sites is 1. The summed E-state index contributed by atoms with van der Waals surface area (Å²) in [4.78, 5) is 4.37. The van der Waals surface area contributed by atoms with E-state index >= 15 is 0 Å². The van der Waals surface area contributed by atoms with Gasteiger partial charge in [0.2, 0.25) is 0 Å². The fourth-order valence-electron chi connectivity index (χ4n) is 2.53. The number of aromatic nitrogens is 1. The van der Waals surface area contributed by atoms with Gasteiger partial charge >= 0.3 is 0 Å². The van der Waals surface area contributed by atoms with Gasteiger partial charge in [0.25, 0.3) is 0 Å². The Morgan fingerprint density at radius 2 is 2.30 bits per heavy atom. The second-order valence-corrected chi connectivity index (χ2v) is 4.90. The van der Waals surface area contributed by atoms with E-state index in [-0.39, 0.29) is 6.04 Å². The molecule has 106 valence electrons. The lowest BCUT2D eigenvalue weighted by Crippen LogP contribution is -2.41. The number of hydrogen-bond acceptors (Lipinski definition) is 5. The Labute approximate surface area is 117 Å². The number of aliphatic hydroxyl groups excluding tert-OH is 1. The van der Waals surface area contributed by atoms with Crippen molar-refractivity contribution in [3.05, 3.63) is 30.5 Å². The summed E-state index contributed by atoms with van der Waals surface area (Å²) in [5, 5.41) is 14.4. The molecule has 20 heavy (non-hydrogen) atoms. The molecule has 1 aliphatic rings. The number of aliphatic hydroxyl groups is 1. The van der Waals surface area contributed by atoms with Crippen molar-refractivity contribution in [2.24, 2.45) is 0 Å². The first-order valence-corrected chi connectivity index (χ1v) is 6.73. The summed E-state index contributed by atoms with van der Waals surface area (Å²) in [6.07, 6.45) is 2.05. The predicted molar refractivity (Wildman–Crippen MR) is 77.1 cm³/mol. The fraction of sp³-hybridized carbons (Fsp3) is 0.400. The van der Waals surface area contributed by atoms with Crippen LogP contribution in [0.1, 0.15) is 6.42 Å². The lowest BCUT2D eigenvalue weighted by molar-refractivity contribution is -0.0134. The van der Waals surface area contributed by atoms with Gasteiger partial charge in [0, 0.05) is 23.9 Å². The average Bonchev–Trinajstić information content (AvgIpc) is 2.49. The monoisotopic (exact) mass is 274 g/mol. The fourth-order valence-corrected chi connectivity index (χ4v) is 2.53. The molecule has 0 aliphatic carbocycles. The number of benzene rings is 1. The Morgan fingerprint density at radius 3 is 3.10 bits per heavy atom. The second kappa shape index (κ2) is 5.64. The van der Waals surface area contributed by atoms with E-state index in [0.717, 1.165) is 28.8 Å². The molecule has 1 fully saturated rings. The summed E-state index contributed by atoms with van der Waals surface area (Å²) in [5.74, 6) is 0.749. The van der Waals surface area contributed by atoms with Gasteiger partial charge in [-0.15, -0.1) is 0 Å². The molecule has 0 radical (unpaired) electrons. The first-order chi connectivity index (χ1) is 9.79. The minimum Gasteiger partial charge on any atom is -0.494 e. The Hall–Kier alpha value is -1.85. The standard InChI is InChI=1S/C15H18N2O3/c1-19-14-4-2-3-10-11(5-7-16-15(10)14)17-12-6-8-20-9-13(12)18/h2-5,7,12-13,18H,6,8-9H2,1H3,(H,16,17)/t12-,13-/m1/s1. The molecular weight excluding hydrogens is 256 g/mol. The number of fused-ring (bicyclic) bond motifs is 1. The number of methoxy groups -OCH3 is 1. The molecular formula is C15H18N2O3. The van der Waals surface area contributed by atoms with Crippen molar-refractivity contribution in [1.29, 1.82) is 0 Å². The lowest BCUT2D eigenvalue weighted by Gasteiger charge is -2.29. The smallest absolute Gasteiger partial charge is 0.145 e. The summed E-state index contributed by atoms with van der Waals surface area (Å²) in [7, 11) is 1.64. The Bertz CT molecular complexity index is 603. The molecule has 0 spiro atoms. The number of ether oxygens (including phenoxy) is 2. The van der Waals surface area contributed by atoms with Gasteiger partial charge in [0.1, 0.15) is 11.3 Å². The van der Waals surface area contributed by atoms with Crippen molar-refractivity contribution in [1.82, 2.24) is 4.98 Å². The van der Waals surface area contributed by atoms with Crippen molar-refractivity contribution in [3.8, 4) is 5.75 Å². The summed E-state index contributed by atoms with van der Waals surface area (Å²) in [5.41, 5.74) is 1.78. The van der Waals surface area contributed by atoms with Gasteiger partial charge in [-0.2, -0.15) is 0 Å². The third-order valence-corrected chi connectivity index (χ3v) is 3.62. The van der Waals surface area contributed by atoms with Gasteiger partial charge in [0.05, 0.1) is 25.9 Å². The number of rotatable bonds is 3. The van der Waals surface area contributed by atoms with Crippen LogP contribution in [-0.2, 0) is 4.74 Å². The minimum atomic E-state index is -0.488. The largest absolute Gasteiger partial charge is 0.494 e. The molecule has 2 aromatic rings. The molecule has 0 amide bonds. The Morgan fingerprint density at radius 1 is 1.40 bits per heavy atom. The first kappa shape index (κ1) is 13.1. The van der Waals surface area contributed by atoms with Gasteiger partial charge in [-0.05, 0) is 18.6 Å². The van der Waals surface area contributed by atoms with E-state index in [0.29, 0.717) is 13.2 Å². The molecule has 5 heteroatoms. The maximum Gasteiger partial charge on any atom is 0.145 e. The zero-order chi connectivity index (χ0) is 13.9. The van der Waals surface area contributed by atoms with Crippen molar-refractivity contribution in [3.63, 3.8) is 0 Å². The predicted octanol–water partition coefficient (Wildman–Crippen LogP) is 1.81. The van der Waals surface area contributed by atoms with Crippen molar-refractivity contribution < 1.29 is 14.6 Å². The summed E-state index contributed by atoms with van der Waals surface area (Å²) < 4.78 is 10.6. The van der Waals surface area contributed by atoms with E-state index in [1.807, 2.05) is 24.3 Å². The molecule has 1 aromatic carbocycles. The number of anilines is 1. The molecule has 5 nitrogen and oxygen atoms in total. The normalized spacial score (nSPS) is 22.7.